The van der Waals surface area contributed by atoms with Gasteiger partial charge in [0.2, 0.25) is 15.9 Å². The Balaban J connectivity index is 1.56. The van der Waals surface area contributed by atoms with Crippen molar-refractivity contribution in [1.82, 2.24) is 9.62 Å². The van der Waals surface area contributed by atoms with Crippen LogP contribution in [0.15, 0.2) is 76.2 Å². The molecule has 6 nitrogen and oxygen atoms in total. The van der Waals surface area contributed by atoms with E-state index < -0.39 is 10.0 Å². The van der Waals surface area contributed by atoms with E-state index in [2.05, 4.69) is 11.4 Å². The molecule has 0 saturated heterocycles. The molecule has 4 rings (SSSR count). The fourth-order valence-electron chi connectivity index (χ4n) is 4.03. The van der Waals surface area contributed by atoms with Crippen LogP contribution in [-0.4, -0.2) is 25.2 Å². The van der Waals surface area contributed by atoms with E-state index in [-0.39, 0.29) is 29.9 Å². The second kappa shape index (κ2) is 9.08. The number of rotatable bonds is 7. The van der Waals surface area contributed by atoms with Crippen LogP contribution in [0.25, 0.3) is 0 Å². The number of hydrogen-bond acceptors (Lipinski definition) is 4. The van der Waals surface area contributed by atoms with Crippen LogP contribution in [0.3, 0.4) is 0 Å². The average molecular weight is 439 g/mol. The second-order valence-corrected chi connectivity index (χ2v) is 9.82. The van der Waals surface area contributed by atoms with Crippen LogP contribution in [0.5, 0.6) is 0 Å². The molecule has 1 atom stereocenters. The molecule has 1 aliphatic rings. The maximum Gasteiger partial charge on any atom is 0.243 e. The Bertz CT molecular complexity index is 1160. The number of amides is 1. The standard InChI is InChI=1S/C24H26N2O4S/c1-18-7-4-11-21(15-18)31(28,29)26(16-20-10-6-14-30-20)17-24(27)25-23-13-5-9-19-8-2-3-12-22(19)23/h2-4,6-8,10-12,14-15,23H,5,9,13,16-17H2,1H3,(H,25,27). The molecule has 31 heavy (non-hydrogen) atoms. The molecule has 0 spiro atoms. The summed E-state index contributed by atoms with van der Waals surface area (Å²) < 4.78 is 33.2. The van der Waals surface area contributed by atoms with Crippen molar-refractivity contribution in [2.24, 2.45) is 0 Å². The lowest BCUT2D eigenvalue weighted by Crippen LogP contribution is -2.42. The number of nitrogens with zero attached hydrogens (tertiary/aromatic N) is 1. The molecule has 0 radical (unpaired) electrons. The summed E-state index contributed by atoms with van der Waals surface area (Å²) in [5.41, 5.74) is 3.18. The number of hydrogen-bond donors (Lipinski definition) is 1. The number of carbonyl (C=O) groups excluding carboxylic acids is 1. The van der Waals surface area contributed by atoms with Crippen molar-refractivity contribution < 1.29 is 17.6 Å². The van der Waals surface area contributed by atoms with E-state index >= 15 is 0 Å². The monoisotopic (exact) mass is 438 g/mol. The molecule has 7 heteroatoms. The highest BCUT2D eigenvalue weighted by Gasteiger charge is 2.29. The molecule has 2 aromatic carbocycles. The number of furan rings is 1. The first-order valence-corrected chi connectivity index (χ1v) is 11.8. The van der Waals surface area contributed by atoms with Gasteiger partial charge in [-0.25, -0.2) is 8.42 Å². The molecule has 1 N–H and O–H groups in total. The maximum absolute atomic E-state index is 13.3. The van der Waals surface area contributed by atoms with E-state index in [1.165, 1.54) is 16.1 Å². The molecule has 1 unspecified atom stereocenters. The van der Waals surface area contributed by atoms with Crippen LogP contribution in [0.2, 0.25) is 0 Å². The minimum atomic E-state index is -3.88. The van der Waals surface area contributed by atoms with Gasteiger partial charge in [0, 0.05) is 0 Å². The summed E-state index contributed by atoms with van der Waals surface area (Å²) in [6.45, 7) is 1.54. The zero-order valence-electron chi connectivity index (χ0n) is 17.5. The van der Waals surface area contributed by atoms with E-state index in [0.29, 0.717) is 5.76 Å². The second-order valence-electron chi connectivity index (χ2n) is 7.88. The van der Waals surface area contributed by atoms with E-state index in [1.54, 1.807) is 30.3 Å². The Kier molecular flexibility index (Phi) is 6.25. The molecule has 1 aromatic heterocycles. The van der Waals surface area contributed by atoms with Gasteiger partial charge < -0.3 is 9.73 Å². The van der Waals surface area contributed by atoms with Crippen molar-refractivity contribution in [2.75, 3.05) is 6.54 Å². The quantitative estimate of drug-likeness (QED) is 0.605. The molecule has 1 aliphatic carbocycles. The van der Waals surface area contributed by atoms with E-state index in [4.69, 9.17) is 4.42 Å². The van der Waals surface area contributed by atoms with Crippen molar-refractivity contribution in [1.29, 1.82) is 0 Å². The minimum absolute atomic E-state index is 0.0159. The lowest BCUT2D eigenvalue weighted by molar-refractivity contribution is -0.122. The van der Waals surface area contributed by atoms with Gasteiger partial charge in [0.1, 0.15) is 5.76 Å². The predicted octanol–water partition coefficient (Wildman–Crippen LogP) is 3.97. The van der Waals surface area contributed by atoms with Crippen LogP contribution >= 0.6 is 0 Å². The van der Waals surface area contributed by atoms with E-state index in [0.717, 1.165) is 30.4 Å². The summed E-state index contributed by atoms with van der Waals surface area (Å²) in [5.74, 6) is 0.150. The Morgan fingerprint density at radius 2 is 1.97 bits per heavy atom. The number of fused-ring (bicyclic) bond motifs is 1. The molecule has 0 saturated carbocycles. The zero-order chi connectivity index (χ0) is 21.8. The molecular weight excluding hydrogens is 412 g/mol. The molecule has 0 aliphatic heterocycles. The molecule has 0 fully saturated rings. The largest absolute Gasteiger partial charge is 0.468 e. The van der Waals surface area contributed by atoms with E-state index in [1.807, 2.05) is 31.2 Å². The summed E-state index contributed by atoms with van der Waals surface area (Å²) in [7, 11) is -3.88. The van der Waals surface area contributed by atoms with Crippen LogP contribution in [0, 0.1) is 6.92 Å². The van der Waals surface area contributed by atoms with Gasteiger partial charge in [0.25, 0.3) is 0 Å². The van der Waals surface area contributed by atoms with Crippen molar-refractivity contribution in [3.8, 4) is 0 Å². The van der Waals surface area contributed by atoms with Gasteiger partial charge in [-0.15, -0.1) is 0 Å². The van der Waals surface area contributed by atoms with Crippen LogP contribution in [0.4, 0.5) is 0 Å². The average Bonchev–Trinajstić information content (AvgIpc) is 3.27. The Labute approximate surface area is 182 Å². The lowest BCUT2D eigenvalue weighted by Gasteiger charge is -2.28. The highest BCUT2D eigenvalue weighted by molar-refractivity contribution is 7.89. The van der Waals surface area contributed by atoms with Crippen molar-refractivity contribution >= 4 is 15.9 Å². The summed E-state index contributed by atoms with van der Waals surface area (Å²) in [6.07, 6.45) is 4.31. The molecule has 3 aromatic rings. The van der Waals surface area contributed by atoms with Gasteiger partial charge in [0.05, 0.1) is 30.3 Å². The molecule has 1 heterocycles. The smallest absolute Gasteiger partial charge is 0.243 e. The summed E-state index contributed by atoms with van der Waals surface area (Å²) in [6, 6.07) is 18.1. The normalized spacial score (nSPS) is 16.1. The first-order chi connectivity index (χ1) is 14.9. The summed E-state index contributed by atoms with van der Waals surface area (Å²) >= 11 is 0. The topological polar surface area (TPSA) is 79.6 Å². The SMILES string of the molecule is Cc1cccc(S(=O)(=O)N(CC(=O)NC2CCCc3ccccc32)Cc2ccco2)c1. The predicted molar refractivity (Wildman–Crippen MR) is 118 cm³/mol. The summed E-state index contributed by atoms with van der Waals surface area (Å²) in [4.78, 5) is 13.1. The minimum Gasteiger partial charge on any atom is -0.468 e. The maximum atomic E-state index is 13.3. The Morgan fingerprint density at radius 3 is 2.74 bits per heavy atom. The van der Waals surface area contributed by atoms with E-state index in [9.17, 15) is 13.2 Å². The van der Waals surface area contributed by atoms with Gasteiger partial charge in [-0.2, -0.15) is 4.31 Å². The third kappa shape index (κ3) is 4.89. The van der Waals surface area contributed by atoms with Crippen LogP contribution in [-0.2, 0) is 27.8 Å². The van der Waals surface area contributed by atoms with Crippen molar-refractivity contribution in [2.45, 2.75) is 43.7 Å². The summed E-state index contributed by atoms with van der Waals surface area (Å²) in [5, 5.41) is 3.04. The third-order valence-corrected chi connectivity index (χ3v) is 7.35. The van der Waals surface area contributed by atoms with Crippen LogP contribution < -0.4 is 5.32 Å². The molecule has 0 bridgehead atoms. The molecule has 162 valence electrons. The van der Waals surface area contributed by atoms with Gasteiger partial charge in [-0.05, 0) is 67.1 Å². The van der Waals surface area contributed by atoms with Gasteiger partial charge in [-0.3, -0.25) is 4.79 Å². The fraction of sp³-hybridized carbons (Fsp3) is 0.292. The van der Waals surface area contributed by atoms with Gasteiger partial charge in [0.15, 0.2) is 0 Å². The third-order valence-electron chi connectivity index (χ3n) is 5.56. The first-order valence-electron chi connectivity index (χ1n) is 10.4. The van der Waals surface area contributed by atoms with Crippen molar-refractivity contribution in [3.63, 3.8) is 0 Å². The number of nitrogens with one attached hydrogen (secondary N) is 1. The Morgan fingerprint density at radius 1 is 1.13 bits per heavy atom. The fourth-order valence-corrected chi connectivity index (χ4v) is 5.50. The Hall–Kier alpha value is -2.90. The number of benzene rings is 2. The number of sulfonamides is 1. The van der Waals surface area contributed by atoms with Gasteiger partial charge >= 0.3 is 0 Å². The number of aryl methyl sites for hydroxylation is 2. The van der Waals surface area contributed by atoms with Crippen molar-refractivity contribution in [3.05, 3.63) is 89.4 Å². The van der Waals surface area contributed by atoms with Crippen LogP contribution in [0.1, 0.15) is 41.3 Å². The highest BCUT2D eigenvalue weighted by Crippen LogP contribution is 2.29. The number of carbonyl (C=O) groups is 1. The lowest BCUT2D eigenvalue weighted by atomic mass is 9.88. The van der Waals surface area contributed by atoms with Gasteiger partial charge in [-0.1, -0.05) is 36.4 Å². The molecular formula is C24H26N2O4S. The molecule has 1 amide bonds. The highest BCUT2D eigenvalue weighted by atomic mass is 32.2. The zero-order valence-corrected chi connectivity index (χ0v) is 18.3. The first kappa shape index (κ1) is 21.3.